The molecule has 2 aromatic rings. The van der Waals surface area contributed by atoms with Crippen molar-refractivity contribution >= 4 is 23.1 Å². The van der Waals surface area contributed by atoms with Crippen LogP contribution in [0.3, 0.4) is 0 Å². The van der Waals surface area contributed by atoms with Crippen LogP contribution in [0.25, 0.3) is 0 Å². The van der Waals surface area contributed by atoms with E-state index in [2.05, 4.69) is 16.0 Å². The summed E-state index contributed by atoms with van der Waals surface area (Å²) in [4.78, 5) is 19.3. The van der Waals surface area contributed by atoms with Crippen LogP contribution in [0.1, 0.15) is 33.8 Å². The lowest BCUT2D eigenvalue weighted by Gasteiger charge is -2.24. The van der Waals surface area contributed by atoms with Gasteiger partial charge in [-0.2, -0.15) is 0 Å². The number of carboxylic acid groups (broad SMARTS) is 1. The highest BCUT2D eigenvalue weighted by Gasteiger charge is 2.32. The van der Waals surface area contributed by atoms with Crippen molar-refractivity contribution in [1.29, 1.82) is 0 Å². The van der Waals surface area contributed by atoms with Gasteiger partial charge in [0.1, 0.15) is 11.4 Å². The van der Waals surface area contributed by atoms with Crippen molar-refractivity contribution in [2.45, 2.75) is 32.4 Å². The van der Waals surface area contributed by atoms with E-state index in [1.807, 2.05) is 18.4 Å². The molecule has 2 heterocycles. The van der Waals surface area contributed by atoms with Gasteiger partial charge in [-0.15, -0.1) is 11.3 Å². The molecule has 0 unspecified atom stereocenters. The third-order valence-electron chi connectivity index (χ3n) is 3.41. The van der Waals surface area contributed by atoms with E-state index in [0.717, 1.165) is 25.1 Å². The number of rotatable bonds is 5. The molecule has 0 spiro atoms. The fourth-order valence-corrected chi connectivity index (χ4v) is 2.97. The maximum Gasteiger partial charge on any atom is 0.339 e. The molecule has 5 heteroatoms. The maximum absolute atomic E-state index is 11.4. The first-order valence-electron chi connectivity index (χ1n) is 6.65. The molecule has 1 saturated carbocycles. The van der Waals surface area contributed by atoms with Crippen molar-refractivity contribution in [2.75, 3.05) is 4.90 Å². The Labute approximate surface area is 121 Å². The summed E-state index contributed by atoms with van der Waals surface area (Å²) in [6, 6.07) is 7.93. The number of hydrogen-bond acceptors (Lipinski definition) is 4. The van der Waals surface area contributed by atoms with Crippen molar-refractivity contribution in [1.82, 2.24) is 4.98 Å². The molecule has 1 N–H and O–H groups in total. The highest BCUT2D eigenvalue weighted by Crippen LogP contribution is 2.34. The average molecular weight is 288 g/mol. The van der Waals surface area contributed by atoms with Gasteiger partial charge >= 0.3 is 5.97 Å². The number of pyridine rings is 1. The van der Waals surface area contributed by atoms with Gasteiger partial charge in [0.2, 0.25) is 0 Å². The Morgan fingerprint density at radius 3 is 2.85 bits per heavy atom. The minimum Gasteiger partial charge on any atom is -0.478 e. The summed E-state index contributed by atoms with van der Waals surface area (Å²) < 4.78 is 0. The van der Waals surface area contributed by atoms with Gasteiger partial charge in [-0.05, 0) is 43.3 Å². The molecule has 0 amide bonds. The Morgan fingerprint density at radius 1 is 1.45 bits per heavy atom. The van der Waals surface area contributed by atoms with Gasteiger partial charge in [-0.3, -0.25) is 0 Å². The molecular formula is C15H16N2O2S. The van der Waals surface area contributed by atoms with Gasteiger partial charge in [0.25, 0.3) is 0 Å². The second-order valence-corrected chi connectivity index (χ2v) is 6.10. The molecule has 0 bridgehead atoms. The topological polar surface area (TPSA) is 53.4 Å². The Hall–Kier alpha value is -1.88. The third-order valence-corrected chi connectivity index (χ3v) is 4.27. The Morgan fingerprint density at radius 2 is 2.25 bits per heavy atom. The molecule has 1 fully saturated rings. The molecule has 20 heavy (non-hydrogen) atoms. The van der Waals surface area contributed by atoms with Gasteiger partial charge in [-0.1, -0.05) is 6.07 Å². The first-order chi connectivity index (χ1) is 9.65. The lowest BCUT2D eigenvalue weighted by atomic mass is 10.2. The average Bonchev–Trinajstić information content (AvgIpc) is 3.12. The molecule has 2 aromatic heterocycles. The Bertz CT molecular complexity index is 621. The normalized spacial score (nSPS) is 14.2. The zero-order valence-corrected chi connectivity index (χ0v) is 12.1. The van der Waals surface area contributed by atoms with Crippen LogP contribution in [0.15, 0.2) is 29.6 Å². The predicted molar refractivity (Wildman–Crippen MR) is 79.5 cm³/mol. The first kappa shape index (κ1) is 13.1. The lowest BCUT2D eigenvalue weighted by Crippen LogP contribution is -2.27. The van der Waals surface area contributed by atoms with Crippen molar-refractivity contribution in [3.05, 3.63) is 45.8 Å². The number of carbonyl (C=O) groups is 1. The van der Waals surface area contributed by atoms with Gasteiger partial charge in [0.05, 0.1) is 6.54 Å². The van der Waals surface area contributed by atoms with E-state index in [1.165, 1.54) is 4.88 Å². The third kappa shape index (κ3) is 2.67. The second kappa shape index (κ2) is 5.25. The van der Waals surface area contributed by atoms with E-state index < -0.39 is 5.97 Å². The molecule has 0 radical (unpaired) electrons. The number of nitrogens with zero attached hydrogens (tertiary/aromatic N) is 2. The van der Waals surface area contributed by atoms with E-state index in [-0.39, 0.29) is 0 Å². The smallest absolute Gasteiger partial charge is 0.339 e. The van der Waals surface area contributed by atoms with Crippen LogP contribution < -0.4 is 4.90 Å². The SMILES string of the molecule is Cc1ccc(C(=O)O)c(N(Cc2cccs2)C2CC2)n1. The zero-order chi connectivity index (χ0) is 14.1. The molecule has 0 aliphatic heterocycles. The number of aryl methyl sites for hydroxylation is 1. The van der Waals surface area contributed by atoms with E-state index in [4.69, 9.17) is 0 Å². The fraction of sp³-hybridized carbons (Fsp3) is 0.333. The summed E-state index contributed by atoms with van der Waals surface area (Å²) >= 11 is 1.69. The van der Waals surface area contributed by atoms with Gasteiger partial charge < -0.3 is 10.0 Å². The Balaban J connectivity index is 1.98. The number of anilines is 1. The quantitative estimate of drug-likeness (QED) is 0.917. The number of aromatic carboxylic acids is 1. The number of aromatic nitrogens is 1. The van der Waals surface area contributed by atoms with Gasteiger partial charge in [0.15, 0.2) is 0 Å². The molecule has 3 rings (SSSR count). The van der Waals surface area contributed by atoms with Crippen LogP contribution in [-0.4, -0.2) is 22.1 Å². The van der Waals surface area contributed by atoms with Crippen LogP contribution >= 0.6 is 11.3 Å². The van der Waals surface area contributed by atoms with Gasteiger partial charge in [-0.25, -0.2) is 9.78 Å². The summed E-state index contributed by atoms with van der Waals surface area (Å²) in [6.07, 6.45) is 2.22. The molecule has 4 nitrogen and oxygen atoms in total. The van der Waals surface area contributed by atoms with Crippen molar-refractivity contribution in [2.24, 2.45) is 0 Å². The minimum absolute atomic E-state index is 0.291. The van der Waals surface area contributed by atoms with Crippen molar-refractivity contribution in [3.8, 4) is 0 Å². The standard InChI is InChI=1S/C15H16N2O2S/c1-10-4-7-13(15(18)19)14(16-10)17(11-5-6-11)9-12-3-2-8-20-12/h2-4,7-8,11H,5-6,9H2,1H3,(H,18,19). The first-order valence-corrected chi connectivity index (χ1v) is 7.53. The maximum atomic E-state index is 11.4. The van der Waals surface area contributed by atoms with Crippen molar-refractivity contribution < 1.29 is 9.90 Å². The summed E-state index contributed by atoms with van der Waals surface area (Å²) in [5.74, 6) is -0.308. The molecule has 1 aliphatic carbocycles. The largest absolute Gasteiger partial charge is 0.478 e. The number of carboxylic acids is 1. The highest BCUT2D eigenvalue weighted by atomic mass is 32.1. The van der Waals surface area contributed by atoms with Crippen LogP contribution in [0.5, 0.6) is 0 Å². The second-order valence-electron chi connectivity index (χ2n) is 5.07. The Kier molecular flexibility index (Phi) is 3.44. The van der Waals surface area contributed by atoms with Crippen molar-refractivity contribution in [3.63, 3.8) is 0 Å². The number of hydrogen-bond donors (Lipinski definition) is 1. The van der Waals surface area contributed by atoms with Crippen LogP contribution in [-0.2, 0) is 6.54 Å². The van der Waals surface area contributed by atoms with E-state index in [0.29, 0.717) is 17.4 Å². The predicted octanol–water partition coefficient (Wildman–Crippen LogP) is 3.32. The van der Waals surface area contributed by atoms with E-state index in [1.54, 1.807) is 23.5 Å². The molecule has 1 aliphatic rings. The highest BCUT2D eigenvalue weighted by molar-refractivity contribution is 7.09. The molecule has 104 valence electrons. The lowest BCUT2D eigenvalue weighted by molar-refractivity contribution is 0.0697. The summed E-state index contributed by atoms with van der Waals surface area (Å²) in [5, 5.41) is 11.4. The summed E-state index contributed by atoms with van der Waals surface area (Å²) in [5.41, 5.74) is 1.14. The van der Waals surface area contributed by atoms with E-state index in [9.17, 15) is 9.90 Å². The van der Waals surface area contributed by atoms with E-state index >= 15 is 0 Å². The summed E-state index contributed by atoms with van der Waals surface area (Å²) in [6.45, 7) is 2.63. The van der Waals surface area contributed by atoms with Crippen LogP contribution in [0.4, 0.5) is 5.82 Å². The van der Waals surface area contributed by atoms with Crippen LogP contribution in [0.2, 0.25) is 0 Å². The fourth-order valence-electron chi connectivity index (χ4n) is 2.26. The molecule has 0 aromatic carbocycles. The molecule has 0 atom stereocenters. The summed E-state index contributed by atoms with van der Waals surface area (Å²) in [7, 11) is 0. The number of thiophene rings is 1. The minimum atomic E-state index is -0.913. The molecule has 0 saturated heterocycles. The van der Waals surface area contributed by atoms with Gasteiger partial charge in [0, 0.05) is 16.6 Å². The zero-order valence-electron chi connectivity index (χ0n) is 11.2. The monoisotopic (exact) mass is 288 g/mol. The molecular weight excluding hydrogens is 272 g/mol. The van der Waals surface area contributed by atoms with Crippen LogP contribution in [0, 0.1) is 6.92 Å².